The maximum Gasteiger partial charge on any atom is 0.317 e. The number of guanidine groups is 1. The molecule has 0 amide bonds. The smallest absolute Gasteiger partial charge is 0.317 e. The molecule has 0 bridgehead atoms. The average molecular weight is 274 g/mol. The van der Waals surface area contributed by atoms with E-state index in [4.69, 9.17) is 11.1 Å². The molecule has 0 saturated carbocycles. The van der Waals surface area contributed by atoms with E-state index in [1.165, 1.54) is 24.3 Å². The molecule has 0 atom stereocenters. The highest BCUT2D eigenvalue weighted by atomic mass is 32.2. The number of nitrogens with zero attached hydrogens (tertiary/aromatic N) is 2. The highest BCUT2D eigenvalue weighted by Gasteiger charge is 2.15. The van der Waals surface area contributed by atoms with Crippen molar-refractivity contribution in [1.82, 2.24) is 0 Å². The van der Waals surface area contributed by atoms with Crippen LogP contribution < -0.4 is 10.8 Å². The number of hydrogen-bond donors (Lipinski definition) is 2. The standard InChI is InChI=1S/C8H10N4O5S/c1-18(15,16)7-4-2-6(3-5-7)11(8(9)10)17-12(13)14/h2-5H,1H3,(H3,9,10). The molecule has 98 valence electrons. The number of sulfone groups is 1. The minimum Gasteiger partial charge on any atom is -0.368 e. The van der Waals surface area contributed by atoms with Crippen molar-refractivity contribution in [2.75, 3.05) is 11.3 Å². The van der Waals surface area contributed by atoms with Crippen LogP contribution in [0.3, 0.4) is 0 Å². The Morgan fingerprint density at radius 2 is 1.94 bits per heavy atom. The molecule has 1 rings (SSSR count). The number of hydroxylamine groups is 1. The van der Waals surface area contributed by atoms with Crippen LogP contribution in [0.5, 0.6) is 0 Å². The van der Waals surface area contributed by atoms with Crippen molar-refractivity contribution in [1.29, 1.82) is 5.41 Å². The molecule has 0 radical (unpaired) electrons. The molecule has 1 aromatic carbocycles. The third kappa shape index (κ3) is 3.31. The molecule has 0 aliphatic carbocycles. The summed E-state index contributed by atoms with van der Waals surface area (Å²) >= 11 is 0. The van der Waals surface area contributed by atoms with Crippen molar-refractivity contribution in [3.8, 4) is 0 Å². The monoisotopic (exact) mass is 274 g/mol. The lowest BCUT2D eigenvalue weighted by atomic mass is 10.3. The fraction of sp³-hybridized carbons (Fsp3) is 0.125. The summed E-state index contributed by atoms with van der Waals surface area (Å²) in [5.41, 5.74) is 5.16. The summed E-state index contributed by atoms with van der Waals surface area (Å²) in [6, 6.07) is 4.93. The first-order valence-corrected chi connectivity index (χ1v) is 6.37. The SMILES string of the molecule is CS(=O)(=O)c1ccc(N(O[N+](=O)[O-])C(=N)N)cc1. The van der Waals surface area contributed by atoms with Crippen LogP contribution >= 0.6 is 0 Å². The van der Waals surface area contributed by atoms with Crippen molar-refractivity contribution in [3.05, 3.63) is 34.4 Å². The second-order valence-electron chi connectivity index (χ2n) is 3.25. The first kappa shape index (κ1) is 13.7. The Labute approximate surface area is 102 Å². The van der Waals surface area contributed by atoms with Gasteiger partial charge in [0, 0.05) is 6.26 Å². The summed E-state index contributed by atoms with van der Waals surface area (Å²) < 4.78 is 22.4. The Morgan fingerprint density at radius 3 is 2.28 bits per heavy atom. The Kier molecular flexibility index (Phi) is 3.71. The van der Waals surface area contributed by atoms with Crippen molar-refractivity contribution in [2.24, 2.45) is 5.73 Å². The van der Waals surface area contributed by atoms with Gasteiger partial charge in [-0.3, -0.25) is 5.41 Å². The number of nitrogens with two attached hydrogens (primary N) is 1. The lowest BCUT2D eigenvalue weighted by molar-refractivity contribution is -0.758. The van der Waals surface area contributed by atoms with Gasteiger partial charge in [0.2, 0.25) is 5.96 Å². The van der Waals surface area contributed by atoms with Gasteiger partial charge in [-0.25, -0.2) is 8.42 Å². The van der Waals surface area contributed by atoms with E-state index in [2.05, 4.69) is 4.94 Å². The maximum atomic E-state index is 11.2. The van der Waals surface area contributed by atoms with Crippen LogP contribution in [0.2, 0.25) is 0 Å². The Balaban J connectivity index is 3.09. The molecule has 1 aromatic rings. The molecule has 10 heteroatoms. The number of hydrogen-bond acceptors (Lipinski definition) is 6. The van der Waals surface area contributed by atoms with Gasteiger partial charge in [-0.1, -0.05) is 0 Å². The van der Waals surface area contributed by atoms with Crippen LogP contribution in [0, 0.1) is 15.5 Å². The molecular weight excluding hydrogens is 264 g/mol. The molecule has 0 unspecified atom stereocenters. The first-order valence-electron chi connectivity index (χ1n) is 4.48. The van der Waals surface area contributed by atoms with E-state index < -0.39 is 20.9 Å². The Hall–Kier alpha value is -2.36. The minimum absolute atomic E-state index is 0.0378. The van der Waals surface area contributed by atoms with Crippen LogP contribution in [-0.2, 0) is 14.8 Å². The van der Waals surface area contributed by atoms with E-state index in [1.807, 2.05) is 0 Å². The summed E-state index contributed by atoms with van der Waals surface area (Å²) in [6.07, 6.45) is 1.03. The number of benzene rings is 1. The molecule has 0 aliphatic heterocycles. The van der Waals surface area contributed by atoms with Crippen LogP contribution in [0.15, 0.2) is 29.2 Å². The third-order valence-electron chi connectivity index (χ3n) is 1.87. The molecular formula is C8H10N4O5S. The van der Waals surface area contributed by atoms with E-state index >= 15 is 0 Å². The highest BCUT2D eigenvalue weighted by Crippen LogP contribution is 2.18. The second-order valence-corrected chi connectivity index (χ2v) is 5.27. The maximum absolute atomic E-state index is 11.2. The van der Waals surface area contributed by atoms with Crippen LogP contribution in [0.1, 0.15) is 0 Å². The highest BCUT2D eigenvalue weighted by molar-refractivity contribution is 7.90. The molecule has 0 heterocycles. The molecule has 0 spiro atoms. The Bertz CT molecular complexity index is 568. The van der Waals surface area contributed by atoms with Gasteiger partial charge < -0.3 is 5.73 Å². The van der Waals surface area contributed by atoms with E-state index in [-0.39, 0.29) is 10.6 Å². The van der Waals surface area contributed by atoms with Gasteiger partial charge in [-0.2, -0.15) is 4.94 Å². The lowest BCUT2D eigenvalue weighted by Crippen LogP contribution is -2.38. The van der Waals surface area contributed by atoms with Crippen LogP contribution in [0.4, 0.5) is 5.69 Å². The zero-order valence-corrected chi connectivity index (χ0v) is 10.0. The molecule has 0 saturated heterocycles. The molecule has 0 aromatic heterocycles. The third-order valence-corrected chi connectivity index (χ3v) is 2.99. The van der Waals surface area contributed by atoms with E-state index in [9.17, 15) is 18.5 Å². The van der Waals surface area contributed by atoms with E-state index in [0.717, 1.165) is 6.26 Å². The minimum atomic E-state index is -3.37. The van der Waals surface area contributed by atoms with Gasteiger partial charge in [-0.05, 0) is 24.3 Å². The zero-order chi connectivity index (χ0) is 13.9. The fourth-order valence-electron chi connectivity index (χ4n) is 1.13. The van der Waals surface area contributed by atoms with Crippen molar-refractivity contribution in [3.63, 3.8) is 0 Å². The van der Waals surface area contributed by atoms with Crippen molar-refractivity contribution >= 4 is 21.5 Å². The molecule has 3 N–H and O–H groups in total. The lowest BCUT2D eigenvalue weighted by Gasteiger charge is -2.18. The molecule has 9 nitrogen and oxygen atoms in total. The Morgan fingerprint density at radius 1 is 1.44 bits per heavy atom. The zero-order valence-electron chi connectivity index (χ0n) is 9.23. The van der Waals surface area contributed by atoms with Gasteiger partial charge in [0.05, 0.1) is 10.6 Å². The van der Waals surface area contributed by atoms with E-state index in [0.29, 0.717) is 5.06 Å². The summed E-state index contributed by atoms with van der Waals surface area (Å²) in [6.45, 7) is 0. The first-order chi connectivity index (χ1) is 8.21. The van der Waals surface area contributed by atoms with Gasteiger partial charge in [-0.15, -0.1) is 15.2 Å². The van der Waals surface area contributed by atoms with Crippen molar-refractivity contribution < 1.29 is 18.4 Å². The summed E-state index contributed by atoms with van der Waals surface area (Å²) in [7, 11) is -3.37. The predicted molar refractivity (Wildman–Crippen MR) is 62.0 cm³/mol. The average Bonchev–Trinajstić information content (AvgIpc) is 2.24. The van der Waals surface area contributed by atoms with Crippen LogP contribution in [-0.4, -0.2) is 25.7 Å². The molecule has 0 fully saturated rings. The van der Waals surface area contributed by atoms with E-state index in [1.54, 1.807) is 0 Å². The number of nitrogens with one attached hydrogen (secondary N) is 1. The van der Waals surface area contributed by atoms with Gasteiger partial charge in [0.25, 0.3) is 0 Å². The molecule has 18 heavy (non-hydrogen) atoms. The summed E-state index contributed by atoms with van der Waals surface area (Å²) in [4.78, 5) is 14.3. The topological polar surface area (TPSA) is 140 Å². The quantitative estimate of drug-likeness (QED) is 0.338. The second kappa shape index (κ2) is 4.87. The van der Waals surface area contributed by atoms with Crippen molar-refractivity contribution in [2.45, 2.75) is 4.90 Å². The van der Waals surface area contributed by atoms with Gasteiger partial charge >= 0.3 is 5.09 Å². The normalized spacial score (nSPS) is 10.7. The predicted octanol–water partition coefficient (Wildman–Crippen LogP) is -0.0867. The number of anilines is 1. The number of rotatable bonds is 4. The molecule has 0 aliphatic rings. The largest absolute Gasteiger partial charge is 0.368 e. The fourth-order valence-corrected chi connectivity index (χ4v) is 1.76. The summed E-state index contributed by atoms with van der Waals surface area (Å²) in [5.74, 6) is -0.709. The van der Waals surface area contributed by atoms with Gasteiger partial charge in [0.15, 0.2) is 9.84 Å². The van der Waals surface area contributed by atoms with Gasteiger partial charge in [0.1, 0.15) is 0 Å². The van der Waals surface area contributed by atoms with Crippen LogP contribution in [0.25, 0.3) is 0 Å². The summed E-state index contributed by atoms with van der Waals surface area (Å²) in [5, 5.41) is 16.6.